The van der Waals surface area contributed by atoms with Crippen LogP contribution in [-0.2, 0) is 13.7 Å². The Morgan fingerprint density at radius 2 is 2.14 bits per heavy atom. The van der Waals surface area contributed by atoms with Crippen molar-refractivity contribution >= 4 is 12.2 Å². The number of benzene rings is 1. The van der Waals surface area contributed by atoms with Gasteiger partial charge in [0.1, 0.15) is 0 Å². The molecule has 118 valence electrons. The number of aliphatic hydroxyl groups excluding tert-OH is 1. The lowest BCUT2D eigenvalue weighted by Gasteiger charge is -2.29. The van der Waals surface area contributed by atoms with Crippen LogP contribution in [0.1, 0.15) is 18.4 Å². The van der Waals surface area contributed by atoms with Crippen molar-refractivity contribution in [1.82, 2.24) is 19.2 Å². The highest BCUT2D eigenvalue weighted by Gasteiger charge is 2.19. The third kappa shape index (κ3) is 2.99. The highest BCUT2D eigenvalue weighted by Crippen LogP contribution is 2.21. The van der Waals surface area contributed by atoms with Crippen molar-refractivity contribution in [2.75, 3.05) is 13.1 Å². The van der Waals surface area contributed by atoms with Gasteiger partial charge in [0.15, 0.2) is 10.6 Å². The van der Waals surface area contributed by atoms with E-state index in [9.17, 15) is 5.11 Å². The number of β-amino-alcohol motifs (C(OH)–C–C–N with tert-alkyl or cyclic N) is 1. The fourth-order valence-electron chi connectivity index (χ4n) is 2.99. The van der Waals surface area contributed by atoms with E-state index in [4.69, 9.17) is 17.3 Å². The van der Waals surface area contributed by atoms with Crippen molar-refractivity contribution in [2.45, 2.75) is 32.5 Å². The Balaban J connectivity index is 1.90. The van der Waals surface area contributed by atoms with Crippen LogP contribution in [0.5, 0.6) is 0 Å². The van der Waals surface area contributed by atoms with Gasteiger partial charge < -0.3 is 9.67 Å². The first-order valence-electron chi connectivity index (χ1n) is 7.66. The van der Waals surface area contributed by atoms with Crippen molar-refractivity contribution in [3.8, 4) is 11.4 Å². The van der Waals surface area contributed by atoms with Crippen LogP contribution in [0.3, 0.4) is 0 Å². The lowest BCUT2D eigenvalue weighted by Crippen LogP contribution is -2.39. The molecule has 1 saturated heterocycles. The minimum absolute atomic E-state index is 0.234. The number of aliphatic hydroxyl groups is 1. The molecule has 2 aromatic rings. The van der Waals surface area contributed by atoms with Gasteiger partial charge in [-0.2, -0.15) is 5.10 Å². The number of hydrogen-bond donors (Lipinski definition) is 1. The second-order valence-electron chi connectivity index (χ2n) is 5.99. The quantitative estimate of drug-likeness (QED) is 0.883. The molecule has 0 spiro atoms. The SMILES string of the molecule is Cc1ccccc1-c1nn(CN2CCC[C@H](O)C2)c(=S)n1C. The third-order valence-corrected chi connectivity index (χ3v) is 4.73. The summed E-state index contributed by atoms with van der Waals surface area (Å²) in [5.74, 6) is 0.889. The Bertz CT molecular complexity index is 721. The molecule has 0 saturated carbocycles. The summed E-state index contributed by atoms with van der Waals surface area (Å²) in [6.45, 7) is 4.39. The molecule has 1 aromatic carbocycles. The molecule has 6 heteroatoms. The van der Waals surface area contributed by atoms with E-state index in [0.29, 0.717) is 18.0 Å². The minimum Gasteiger partial charge on any atom is -0.392 e. The smallest absolute Gasteiger partial charge is 0.199 e. The predicted molar refractivity (Wildman–Crippen MR) is 89.0 cm³/mol. The molecule has 0 radical (unpaired) electrons. The summed E-state index contributed by atoms with van der Waals surface area (Å²) in [7, 11) is 1.96. The molecule has 2 heterocycles. The molecule has 1 fully saturated rings. The van der Waals surface area contributed by atoms with Gasteiger partial charge in [-0.15, -0.1) is 0 Å². The fraction of sp³-hybridized carbons (Fsp3) is 0.500. The molecule has 22 heavy (non-hydrogen) atoms. The molecule has 3 rings (SSSR count). The number of likely N-dealkylation sites (tertiary alicyclic amines) is 1. The maximum Gasteiger partial charge on any atom is 0.199 e. The topological polar surface area (TPSA) is 46.2 Å². The van der Waals surface area contributed by atoms with Crippen molar-refractivity contribution in [3.63, 3.8) is 0 Å². The van der Waals surface area contributed by atoms with Gasteiger partial charge in [0.2, 0.25) is 0 Å². The van der Waals surface area contributed by atoms with Gasteiger partial charge in [0.05, 0.1) is 12.8 Å². The standard InChI is InChI=1S/C16H22N4OS/c1-12-6-3-4-8-14(12)15-17-20(16(22)18(15)2)11-19-9-5-7-13(21)10-19/h3-4,6,8,13,21H,5,7,9-11H2,1-2H3/t13-/m0/s1. The summed E-state index contributed by atoms with van der Waals surface area (Å²) >= 11 is 5.53. The molecule has 1 aliphatic heterocycles. The minimum atomic E-state index is -0.234. The number of piperidine rings is 1. The summed E-state index contributed by atoms with van der Waals surface area (Å²) in [4.78, 5) is 2.21. The van der Waals surface area contributed by atoms with Crippen molar-refractivity contribution in [3.05, 3.63) is 34.6 Å². The lowest BCUT2D eigenvalue weighted by atomic mass is 10.1. The third-order valence-electron chi connectivity index (χ3n) is 4.24. The van der Waals surface area contributed by atoms with E-state index in [1.165, 1.54) is 5.56 Å². The molecule has 0 bridgehead atoms. The summed E-state index contributed by atoms with van der Waals surface area (Å²) in [5.41, 5.74) is 2.29. The van der Waals surface area contributed by atoms with E-state index >= 15 is 0 Å². The Kier molecular flexibility index (Phi) is 4.42. The van der Waals surface area contributed by atoms with Gasteiger partial charge in [-0.1, -0.05) is 24.3 Å². The Morgan fingerprint density at radius 1 is 1.36 bits per heavy atom. The average molecular weight is 318 g/mol. The first-order chi connectivity index (χ1) is 10.6. The van der Waals surface area contributed by atoms with Gasteiger partial charge in [-0.3, -0.25) is 4.90 Å². The maximum atomic E-state index is 9.80. The van der Waals surface area contributed by atoms with Crippen LogP contribution in [0.2, 0.25) is 0 Å². The van der Waals surface area contributed by atoms with E-state index in [0.717, 1.165) is 30.8 Å². The highest BCUT2D eigenvalue weighted by molar-refractivity contribution is 7.71. The zero-order chi connectivity index (χ0) is 15.7. The molecular weight excluding hydrogens is 296 g/mol. The van der Waals surface area contributed by atoms with Crippen LogP contribution in [0.4, 0.5) is 0 Å². The van der Waals surface area contributed by atoms with Crippen LogP contribution < -0.4 is 0 Å². The zero-order valence-electron chi connectivity index (χ0n) is 13.1. The first kappa shape index (κ1) is 15.4. The molecule has 1 aromatic heterocycles. The summed E-state index contributed by atoms with van der Waals surface area (Å²) in [6, 6.07) is 8.20. The Morgan fingerprint density at radius 3 is 2.86 bits per heavy atom. The normalized spacial score (nSPS) is 19.5. The fourth-order valence-corrected chi connectivity index (χ4v) is 3.17. The lowest BCUT2D eigenvalue weighted by molar-refractivity contribution is 0.0513. The summed E-state index contributed by atoms with van der Waals surface area (Å²) in [6.07, 6.45) is 1.67. The zero-order valence-corrected chi connectivity index (χ0v) is 13.9. The van der Waals surface area contributed by atoms with Crippen LogP contribution >= 0.6 is 12.2 Å². The van der Waals surface area contributed by atoms with Crippen molar-refractivity contribution in [2.24, 2.45) is 7.05 Å². The van der Waals surface area contributed by atoms with Gasteiger partial charge in [-0.05, 0) is 37.5 Å². The Hall–Kier alpha value is -1.50. The monoisotopic (exact) mass is 318 g/mol. The molecule has 0 unspecified atom stereocenters. The predicted octanol–water partition coefficient (Wildman–Crippen LogP) is 2.34. The van der Waals surface area contributed by atoms with E-state index in [-0.39, 0.29) is 6.10 Å². The highest BCUT2D eigenvalue weighted by atomic mass is 32.1. The first-order valence-corrected chi connectivity index (χ1v) is 8.07. The van der Waals surface area contributed by atoms with Crippen LogP contribution in [0.25, 0.3) is 11.4 Å². The molecule has 1 N–H and O–H groups in total. The average Bonchev–Trinajstić information content (AvgIpc) is 2.76. The van der Waals surface area contributed by atoms with Gasteiger partial charge >= 0.3 is 0 Å². The molecule has 1 aliphatic rings. The number of aryl methyl sites for hydroxylation is 1. The summed E-state index contributed by atoms with van der Waals surface area (Å²) < 4.78 is 4.52. The number of rotatable bonds is 3. The summed E-state index contributed by atoms with van der Waals surface area (Å²) in [5, 5.41) is 14.5. The van der Waals surface area contributed by atoms with E-state index < -0.39 is 0 Å². The van der Waals surface area contributed by atoms with Crippen molar-refractivity contribution in [1.29, 1.82) is 0 Å². The van der Waals surface area contributed by atoms with Crippen molar-refractivity contribution < 1.29 is 5.11 Å². The maximum absolute atomic E-state index is 9.80. The molecule has 1 atom stereocenters. The van der Waals surface area contributed by atoms with Gasteiger partial charge in [0.25, 0.3) is 0 Å². The van der Waals surface area contributed by atoms with Gasteiger partial charge in [0, 0.05) is 25.7 Å². The van der Waals surface area contributed by atoms with Crippen LogP contribution in [0, 0.1) is 11.7 Å². The largest absolute Gasteiger partial charge is 0.392 e. The van der Waals surface area contributed by atoms with Gasteiger partial charge in [-0.25, -0.2) is 4.68 Å². The molecule has 0 amide bonds. The molecule has 0 aliphatic carbocycles. The Labute approximate surface area is 135 Å². The van der Waals surface area contributed by atoms with Crippen LogP contribution in [-0.4, -0.2) is 43.5 Å². The molecule has 5 nitrogen and oxygen atoms in total. The number of hydrogen-bond acceptors (Lipinski definition) is 4. The van der Waals surface area contributed by atoms with Crippen LogP contribution in [0.15, 0.2) is 24.3 Å². The van der Waals surface area contributed by atoms with E-state index in [1.807, 2.05) is 28.4 Å². The van der Waals surface area contributed by atoms with E-state index in [1.54, 1.807) is 0 Å². The van der Waals surface area contributed by atoms with E-state index in [2.05, 4.69) is 24.0 Å². The second-order valence-corrected chi connectivity index (χ2v) is 6.36. The molecular formula is C16H22N4OS. The number of nitrogens with zero attached hydrogens (tertiary/aromatic N) is 4. The second kappa shape index (κ2) is 6.32. The number of aromatic nitrogens is 3.